The Morgan fingerprint density at radius 2 is 1.92 bits per heavy atom. The molecular formula is C17H24N4O4. The molecule has 25 heavy (non-hydrogen) atoms. The van der Waals surface area contributed by atoms with Crippen molar-refractivity contribution in [2.24, 2.45) is 0 Å². The van der Waals surface area contributed by atoms with Gasteiger partial charge in [0.2, 0.25) is 12.3 Å². The van der Waals surface area contributed by atoms with E-state index >= 15 is 0 Å². The molecule has 1 aromatic carbocycles. The Morgan fingerprint density at radius 1 is 1.24 bits per heavy atom. The van der Waals surface area contributed by atoms with Crippen LogP contribution in [0.25, 0.3) is 0 Å². The van der Waals surface area contributed by atoms with Gasteiger partial charge >= 0.3 is 6.03 Å². The minimum absolute atomic E-state index is 0.137. The molecule has 1 fully saturated rings. The molecule has 0 aliphatic carbocycles. The minimum atomic E-state index is -0.617. The molecular weight excluding hydrogens is 324 g/mol. The van der Waals surface area contributed by atoms with Gasteiger partial charge in [-0.15, -0.1) is 0 Å². The number of nitrogens with one attached hydrogen (secondary N) is 3. The predicted molar refractivity (Wildman–Crippen MR) is 93.1 cm³/mol. The summed E-state index contributed by atoms with van der Waals surface area (Å²) in [5.74, 6) is -0.170. The van der Waals surface area contributed by atoms with Crippen molar-refractivity contribution in [1.82, 2.24) is 16.0 Å². The fraction of sp³-hybridized carbons (Fsp3) is 0.471. The van der Waals surface area contributed by atoms with E-state index in [4.69, 9.17) is 4.74 Å². The van der Waals surface area contributed by atoms with Crippen molar-refractivity contribution in [1.29, 1.82) is 0 Å². The lowest BCUT2D eigenvalue weighted by atomic mass is 10.1. The Balaban J connectivity index is 1.73. The normalized spacial score (nSPS) is 15.2. The predicted octanol–water partition coefficient (Wildman–Crippen LogP) is 0.374. The zero-order chi connectivity index (χ0) is 18.1. The Labute approximate surface area is 146 Å². The molecule has 0 radical (unpaired) electrons. The van der Waals surface area contributed by atoms with Crippen molar-refractivity contribution >= 4 is 24.0 Å². The summed E-state index contributed by atoms with van der Waals surface area (Å²) in [5.41, 5.74) is 2.15. The van der Waals surface area contributed by atoms with Crippen LogP contribution in [0.15, 0.2) is 24.3 Å². The number of anilines is 1. The number of carbonyl (C=O) groups excluding carboxylic acids is 3. The van der Waals surface area contributed by atoms with Crippen LogP contribution in [0.3, 0.4) is 0 Å². The van der Waals surface area contributed by atoms with Crippen molar-refractivity contribution in [3.63, 3.8) is 0 Å². The number of carbonyl (C=O) groups is 3. The first-order valence-corrected chi connectivity index (χ1v) is 8.27. The molecule has 1 unspecified atom stereocenters. The van der Waals surface area contributed by atoms with Crippen molar-refractivity contribution in [2.75, 3.05) is 31.2 Å². The van der Waals surface area contributed by atoms with E-state index in [1.54, 1.807) is 6.92 Å². The number of benzene rings is 1. The van der Waals surface area contributed by atoms with Gasteiger partial charge in [-0.3, -0.25) is 14.9 Å². The summed E-state index contributed by atoms with van der Waals surface area (Å²) in [6, 6.07) is 7.08. The van der Waals surface area contributed by atoms with Gasteiger partial charge in [0.05, 0.1) is 13.2 Å². The van der Waals surface area contributed by atoms with Gasteiger partial charge in [-0.1, -0.05) is 12.1 Å². The summed E-state index contributed by atoms with van der Waals surface area (Å²) in [6.07, 6.45) is 0.431. The second kappa shape index (κ2) is 9.63. The quantitative estimate of drug-likeness (QED) is 0.619. The average molecular weight is 348 g/mol. The van der Waals surface area contributed by atoms with Gasteiger partial charge in [-0.25, -0.2) is 4.79 Å². The van der Waals surface area contributed by atoms with E-state index in [1.807, 2.05) is 29.6 Å². The first-order valence-electron chi connectivity index (χ1n) is 8.27. The Kier molecular flexibility index (Phi) is 7.21. The zero-order valence-corrected chi connectivity index (χ0v) is 14.3. The lowest BCUT2D eigenvalue weighted by Gasteiger charge is -2.28. The van der Waals surface area contributed by atoms with Gasteiger partial charge in [0, 0.05) is 37.8 Å². The van der Waals surface area contributed by atoms with Gasteiger partial charge in [-0.2, -0.15) is 0 Å². The Morgan fingerprint density at radius 3 is 2.56 bits per heavy atom. The molecule has 1 aromatic rings. The summed E-state index contributed by atoms with van der Waals surface area (Å²) >= 11 is 0. The fourth-order valence-electron chi connectivity index (χ4n) is 2.57. The zero-order valence-electron chi connectivity index (χ0n) is 14.3. The van der Waals surface area contributed by atoms with E-state index in [-0.39, 0.29) is 18.4 Å². The maximum atomic E-state index is 11.9. The third-order valence-electron chi connectivity index (χ3n) is 3.86. The highest BCUT2D eigenvalue weighted by atomic mass is 16.5. The maximum absolute atomic E-state index is 11.9. The van der Waals surface area contributed by atoms with Gasteiger partial charge in [0.15, 0.2) is 0 Å². The van der Waals surface area contributed by atoms with Crippen LogP contribution in [0.2, 0.25) is 0 Å². The van der Waals surface area contributed by atoms with E-state index < -0.39 is 6.03 Å². The topological polar surface area (TPSA) is 99.8 Å². The van der Waals surface area contributed by atoms with Crippen LogP contribution in [0.4, 0.5) is 10.5 Å². The maximum Gasteiger partial charge on any atom is 0.321 e. The molecule has 8 nitrogen and oxygen atoms in total. The standard InChI is InChI=1S/C17H24N4O4/c1-13(20-17(24)19-12-22)10-16(23)18-11-14-2-4-15(5-3-14)21-6-8-25-9-7-21/h2-5,12-13H,6-11H2,1H3,(H,18,23)(H2,19,20,22,24). The Bertz CT molecular complexity index is 585. The number of imide groups is 1. The third kappa shape index (κ3) is 6.42. The van der Waals surface area contributed by atoms with Crippen LogP contribution in [0.5, 0.6) is 0 Å². The first kappa shape index (κ1) is 18.7. The molecule has 136 valence electrons. The molecule has 0 saturated carbocycles. The van der Waals surface area contributed by atoms with Crippen molar-refractivity contribution in [3.05, 3.63) is 29.8 Å². The van der Waals surface area contributed by atoms with Gasteiger partial charge in [-0.05, 0) is 24.6 Å². The van der Waals surface area contributed by atoms with Crippen LogP contribution in [0.1, 0.15) is 18.9 Å². The highest BCUT2D eigenvalue weighted by Crippen LogP contribution is 2.16. The number of rotatable bonds is 7. The third-order valence-corrected chi connectivity index (χ3v) is 3.86. The van der Waals surface area contributed by atoms with Crippen molar-refractivity contribution < 1.29 is 19.1 Å². The summed E-state index contributed by atoms with van der Waals surface area (Å²) in [7, 11) is 0. The summed E-state index contributed by atoms with van der Waals surface area (Å²) in [4.78, 5) is 35.5. The molecule has 3 N–H and O–H groups in total. The average Bonchev–Trinajstić information content (AvgIpc) is 2.61. The molecule has 1 atom stereocenters. The number of hydrogen-bond acceptors (Lipinski definition) is 5. The summed E-state index contributed by atoms with van der Waals surface area (Å²) in [5, 5.41) is 7.28. The van der Waals surface area contributed by atoms with Crippen molar-refractivity contribution in [3.8, 4) is 0 Å². The van der Waals surface area contributed by atoms with E-state index in [2.05, 4.69) is 15.5 Å². The van der Waals surface area contributed by atoms with E-state index in [0.29, 0.717) is 13.0 Å². The van der Waals surface area contributed by atoms with Crippen LogP contribution >= 0.6 is 0 Å². The summed E-state index contributed by atoms with van der Waals surface area (Å²) in [6.45, 7) is 5.39. The lowest BCUT2D eigenvalue weighted by molar-refractivity contribution is -0.121. The summed E-state index contributed by atoms with van der Waals surface area (Å²) < 4.78 is 5.34. The second-order valence-electron chi connectivity index (χ2n) is 5.88. The molecule has 4 amide bonds. The van der Waals surface area contributed by atoms with Crippen LogP contribution in [-0.2, 0) is 20.9 Å². The number of urea groups is 1. The number of ether oxygens (including phenoxy) is 1. The minimum Gasteiger partial charge on any atom is -0.378 e. The number of amides is 4. The van der Waals surface area contributed by atoms with Crippen molar-refractivity contribution in [2.45, 2.75) is 25.9 Å². The van der Waals surface area contributed by atoms with E-state index in [0.717, 1.165) is 37.6 Å². The molecule has 8 heteroatoms. The van der Waals surface area contributed by atoms with E-state index in [9.17, 15) is 14.4 Å². The second-order valence-corrected chi connectivity index (χ2v) is 5.88. The largest absolute Gasteiger partial charge is 0.378 e. The van der Waals surface area contributed by atoms with E-state index in [1.165, 1.54) is 0 Å². The number of nitrogens with zero attached hydrogens (tertiary/aromatic N) is 1. The van der Waals surface area contributed by atoms with Crippen LogP contribution in [-0.4, -0.2) is 50.7 Å². The number of hydrogen-bond donors (Lipinski definition) is 3. The molecule has 1 heterocycles. The molecule has 0 bridgehead atoms. The highest BCUT2D eigenvalue weighted by Gasteiger charge is 2.12. The number of morpholine rings is 1. The molecule has 1 saturated heterocycles. The molecule has 1 aliphatic heterocycles. The first-order chi connectivity index (χ1) is 12.1. The van der Waals surface area contributed by atoms with Crippen LogP contribution < -0.4 is 20.9 Å². The van der Waals surface area contributed by atoms with Crippen LogP contribution in [0, 0.1) is 0 Å². The fourth-order valence-corrected chi connectivity index (χ4v) is 2.57. The molecule has 0 spiro atoms. The molecule has 0 aromatic heterocycles. The van der Waals surface area contributed by atoms with Gasteiger partial charge in [0.1, 0.15) is 0 Å². The van der Waals surface area contributed by atoms with Gasteiger partial charge < -0.3 is 20.3 Å². The molecule has 2 rings (SSSR count). The smallest absolute Gasteiger partial charge is 0.321 e. The van der Waals surface area contributed by atoms with Gasteiger partial charge in [0.25, 0.3) is 0 Å². The highest BCUT2D eigenvalue weighted by molar-refractivity contribution is 5.85. The molecule has 1 aliphatic rings. The monoisotopic (exact) mass is 348 g/mol. The SMILES string of the molecule is CC(CC(=O)NCc1ccc(N2CCOCC2)cc1)NC(=O)NC=O. The Hall–Kier alpha value is -2.61. The lowest BCUT2D eigenvalue weighted by Crippen LogP contribution is -2.42.